The summed E-state index contributed by atoms with van der Waals surface area (Å²) in [6.07, 6.45) is 1.95. The Balaban J connectivity index is 2.70. The van der Waals surface area contributed by atoms with Crippen molar-refractivity contribution in [3.63, 3.8) is 0 Å². The lowest BCUT2D eigenvalue weighted by atomic mass is 9.98. The van der Waals surface area contributed by atoms with E-state index in [0.717, 1.165) is 43.2 Å². The van der Waals surface area contributed by atoms with Crippen molar-refractivity contribution < 1.29 is 4.74 Å². The van der Waals surface area contributed by atoms with Gasteiger partial charge in [-0.05, 0) is 32.2 Å². The van der Waals surface area contributed by atoms with E-state index < -0.39 is 0 Å². The molecule has 1 rings (SSSR count). The summed E-state index contributed by atoms with van der Waals surface area (Å²) < 4.78 is 6.00. The van der Waals surface area contributed by atoms with Gasteiger partial charge in [-0.15, -0.1) is 11.3 Å². The van der Waals surface area contributed by atoms with Crippen LogP contribution in [0.5, 0.6) is 0 Å². The molecular formula is C15H28N2OS. The van der Waals surface area contributed by atoms with E-state index in [1.165, 1.54) is 0 Å². The van der Waals surface area contributed by atoms with Crippen LogP contribution in [0.2, 0.25) is 0 Å². The Morgan fingerprint density at radius 1 is 1.32 bits per heavy atom. The number of hydrogen-bond donors (Lipinski definition) is 1. The van der Waals surface area contributed by atoms with Crippen molar-refractivity contribution in [2.24, 2.45) is 5.92 Å². The van der Waals surface area contributed by atoms with Gasteiger partial charge in [-0.2, -0.15) is 0 Å². The third-order valence-electron chi connectivity index (χ3n) is 3.36. The Morgan fingerprint density at radius 2 is 2.00 bits per heavy atom. The highest BCUT2D eigenvalue weighted by molar-refractivity contribution is 7.09. The largest absolute Gasteiger partial charge is 0.368 e. The number of hydrogen-bond acceptors (Lipinski definition) is 4. The van der Waals surface area contributed by atoms with Gasteiger partial charge < -0.3 is 10.1 Å². The number of nitrogens with one attached hydrogen (secondary N) is 1. The molecule has 0 saturated heterocycles. The number of aromatic nitrogens is 1. The zero-order valence-corrected chi connectivity index (χ0v) is 13.8. The predicted molar refractivity (Wildman–Crippen MR) is 82.5 cm³/mol. The van der Waals surface area contributed by atoms with Gasteiger partial charge in [0.05, 0.1) is 5.69 Å². The van der Waals surface area contributed by atoms with Crippen molar-refractivity contribution in [3.8, 4) is 0 Å². The maximum atomic E-state index is 6.00. The molecule has 0 amide bonds. The highest BCUT2D eigenvalue weighted by Crippen LogP contribution is 2.35. The fourth-order valence-corrected chi connectivity index (χ4v) is 3.30. The molecule has 19 heavy (non-hydrogen) atoms. The minimum Gasteiger partial charge on any atom is -0.368 e. The molecule has 0 atom stereocenters. The summed E-state index contributed by atoms with van der Waals surface area (Å²) in [4.78, 5) is 4.77. The third kappa shape index (κ3) is 4.55. The third-order valence-corrected chi connectivity index (χ3v) is 4.44. The molecule has 4 heteroatoms. The molecule has 1 aromatic heterocycles. The van der Waals surface area contributed by atoms with Crippen LogP contribution in [-0.2, 0) is 16.9 Å². The zero-order valence-electron chi connectivity index (χ0n) is 13.0. The van der Waals surface area contributed by atoms with Gasteiger partial charge in [0.15, 0.2) is 0 Å². The van der Waals surface area contributed by atoms with Crippen LogP contribution in [0.15, 0.2) is 5.38 Å². The van der Waals surface area contributed by atoms with Gasteiger partial charge >= 0.3 is 0 Å². The molecule has 0 aromatic carbocycles. The maximum absolute atomic E-state index is 6.00. The van der Waals surface area contributed by atoms with E-state index in [2.05, 4.69) is 45.3 Å². The van der Waals surface area contributed by atoms with Gasteiger partial charge in [-0.25, -0.2) is 4.98 Å². The first-order chi connectivity index (χ1) is 9.07. The predicted octanol–water partition coefficient (Wildman–Crippen LogP) is 3.94. The van der Waals surface area contributed by atoms with Crippen molar-refractivity contribution in [1.29, 1.82) is 0 Å². The first-order valence-corrected chi connectivity index (χ1v) is 8.25. The van der Waals surface area contributed by atoms with E-state index in [1.807, 2.05) is 0 Å². The van der Waals surface area contributed by atoms with Crippen molar-refractivity contribution in [3.05, 3.63) is 16.1 Å². The summed E-state index contributed by atoms with van der Waals surface area (Å²) in [6.45, 7) is 13.5. The fourth-order valence-electron chi connectivity index (χ4n) is 2.18. The van der Waals surface area contributed by atoms with E-state index in [0.29, 0.717) is 5.92 Å². The van der Waals surface area contributed by atoms with Crippen LogP contribution in [0.1, 0.15) is 58.2 Å². The van der Waals surface area contributed by atoms with Crippen LogP contribution >= 0.6 is 11.3 Å². The lowest BCUT2D eigenvalue weighted by Crippen LogP contribution is -2.28. The monoisotopic (exact) mass is 284 g/mol. The Kier molecular flexibility index (Phi) is 6.97. The number of nitrogens with zero attached hydrogens (tertiary/aromatic N) is 1. The van der Waals surface area contributed by atoms with Gasteiger partial charge in [0.25, 0.3) is 0 Å². The quantitative estimate of drug-likeness (QED) is 0.746. The molecule has 1 aromatic rings. The normalized spacial score (nSPS) is 12.3. The van der Waals surface area contributed by atoms with Crippen molar-refractivity contribution >= 4 is 11.3 Å². The molecule has 1 N–H and O–H groups in total. The second-order valence-corrected chi connectivity index (χ2v) is 6.16. The molecule has 0 aliphatic rings. The minimum atomic E-state index is -0.185. The Morgan fingerprint density at radius 3 is 2.53 bits per heavy atom. The van der Waals surface area contributed by atoms with E-state index in [4.69, 9.17) is 9.72 Å². The van der Waals surface area contributed by atoms with Crippen LogP contribution < -0.4 is 5.32 Å². The first-order valence-electron chi connectivity index (χ1n) is 7.37. The van der Waals surface area contributed by atoms with Crippen LogP contribution in [-0.4, -0.2) is 18.1 Å². The first kappa shape index (κ1) is 16.6. The van der Waals surface area contributed by atoms with Gasteiger partial charge in [0, 0.05) is 18.5 Å². The van der Waals surface area contributed by atoms with Gasteiger partial charge in [-0.1, -0.05) is 27.7 Å². The number of rotatable bonds is 9. The second kappa shape index (κ2) is 7.98. The summed E-state index contributed by atoms with van der Waals surface area (Å²) in [5.74, 6) is 0.673. The van der Waals surface area contributed by atoms with E-state index in [-0.39, 0.29) is 5.60 Å². The minimum absolute atomic E-state index is 0.185. The fraction of sp³-hybridized carbons (Fsp3) is 0.800. The topological polar surface area (TPSA) is 34.1 Å². The van der Waals surface area contributed by atoms with Crippen LogP contribution in [0, 0.1) is 5.92 Å². The Bertz CT molecular complexity index is 359. The van der Waals surface area contributed by atoms with Crippen molar-refractivity contribution in [2.45, 2.75) is 59.6 Å². The Labute approximate surface area is 121 Å². The average molecular weight is 284 g/mol. The number of ether oxygens (including phenoxy) is 1. The van der Waals surface area contributed by atoms with Crippen LogP contribution in [0.4, 0.5) is 0 Å². The smallest absolute Gasteiger partial charge is 0.125 e. The molecule has 0 spiro atoms. The summed E-state index contributed by atoms with van der Waals surface area (Å²) >= 11 is 1.73. The molecule has 110 valence electrons. The second-order valence-electron chi connectivity index (χ2n) is 5.30. The van der Waals surface area contributed by atoms with E-state index in [1.54, 1.807) is 11.3 Å². The molecule has 0 aliphatic carbocycles. The summed E-state index contributed by atoms with van der Waals surface area (Å²) in [5, 5.41) is 6.72. The highest BCUT2D eigenvalue weighted by Gasteiger charge is 2.32. The number of thiazole rings is 1. The van der Waals surface area contributed by atoms with Gasteiger partial charge in [-0.3, -0.25) is 0 Å². The zero-order chi connectivity index (χ0) is 14.3. The molecule has 0 bridgehead atoms. The highest BCUT2D eigenvalue weighted by atomic mass is 32.1. The maximum Gasteiger partial charge on any atom is 0.125 e. The molecule has 0 fully saturated rings. The molecular weight excluding hydrogens is 256 g/mol. The van der Waals surface area contributed by atoms with E-state index in [9.17, 15) is 0 Å². The van der Waals surface area contributed by atoms with E-state index >= 15 is 0 Å². The molecule has 0 aliphatic heterocycles. The van der Waals surface area contributed by atoms with Gasteiger partial charge in [0.1, 0.15) is 10.6 Å². The SMILES string of the molecule is CCOC(CC)(CC)c1nc(CNCC(C)C)cs1. The molecule has 3 nitrogen and oxygen atoms in total. The van der Waals surface area contributed by atoms with Crippen LogP contribution in [0.3, 0.4) is 0 Å². The summed E-state index contributed by atoms with van der Waals surface area (Å²) in [6, 6.07) is 0. The summed E-state index contributed by atoms with van der Waals surface area (Å²) in [7, 11) is 0. The van der Waals surface area contributed by atoms with Crippen LogP contribution in [0.25, 0.3) is 0 Å². The average Bonchev–Trinajstić information content (AvgIpc) is 2.85. The lowest BCUT2D eigenvalue weighted by molar-refractivity contribution is -0.0507. The van der Waals surface area contributed by atoms with Crippen molar-refractivity contribution in [2.75, 3.05) is 13.2 Å². The lowest BCUT2D eigenvalue weighted by Gasteiger charge is -2.29. The Hall–Kier alpha value is -0.450. The molecule has 0 radical (unpaired) electrons. The molecule has 1 heterocycles. The summed E-state index contributed by atoms with van der Waals surface area (Å²) in [5.41, 5.74) is 0.946. The van der Waals surface area contributed by atoms with Crippen molar-refractivity contribution in [1.82, 2.24) is 10.3 Å². The van der Waals surface area contributed by atoms with Gasteiger partial charge in [0.2, 0.25) is 0 Å². The molecule has 0 saturated carbocycles. The molecule has 0 unspecified atom stereocenters. The standard InChI is InChI=1S/C15H28N2OS/c1-6-15(7-2,18-8-3)14-17-13(11-19-14)10-16-9-12(4)5/h11-12,16H,6-10H2,1-5H3.